The van der Waals surface area contributed by atoms with Gasteiger partial charge in [0.05, 0.1) is 16.6 Å². The summed E-state index contributed by atoms with van der Waals surface area (Å²) in [7, 11) is 0. The van der Waals surface area contributed by atoms with Gasteiger partial charge < -0.3 is 5.11 Å². The Morgan fingerprint density at radius 3 is 2.60 bits per heavy atom. The lowest BCUT2D eigenvalue weighted by Crippen LogP contribution is -2.22. The summed E-state index contributed by atoms with van der Waals surface area (Å²) in [6.07, 6.45) is 0. The van der Waals surface area contributed by atoms with E-state index in [-0.39, 0.29) is 11.3 Å². The van der Waals surface area contributed by atoms with Gasteiger partial charge >= 0.3 is 0 Å². The van der Waals surface area contributed by atoms with Crippen LogP contribution in [-0.2, 0) is 0 Å². The molecule has 2 aromatic carbocycles. The Morgan fingerprint density at radius 2 is 1.80 bits per heavy atom. The predicted octanol–water partition coefficient (Wildman–Crippen LogP) is 2.71. The van der Waals surface area contributed by atoms with Crippen LogP contribution in [0.1, 0.15) is 11.4 Å². The van der Waals surface area contributed by atoms with Crippen LogP contribution in [0.15, 0.2) is 47.3 Å². The van der Waals surface area contributed by atoms with E-state index in [1.807, 2.05) is 18.2 Å². The minimum Gasteiger partial charge on any atom is -0.508 e. The highest BCUT2D eigenvalue weighted by molar-refractivity contribution is 5.77. The molecule has 0 saturated heterocycles. The van der Waals surface area contributed by atoms with Gasteiger partial charge in [-0.05, 0) is 38.1 Å². The molecule has 1 heterocycles. The first kappa shape index (κ1) is 12.4. The minimum absolute atomic E-state index is 0.123. The first-order valence-electron chi connectivity index (χ1n) is 6.37. The van der Waals surface area contributed by atoms with Crippen LogP contribution in [0, 0.1) is 13.8 Å². The second kappa shape index (κ2) is 4.49. The Labute approximate surface area is 116 Å². The molecular formula is C16H14N2O2. The first-order chi connectivity index (χ1) is 9.59. The first-order valence-corrected chi connectivity index (χ1v) is 6.37. The average molecular weight is 266 g/mol. The molecule has 0 saturated carbocycles. The van der Waals surface area contributed by atoms with Gasteiger partial charge in [-0.15, -0.1) is 0 Å². The lowest BCUT2D eigenvalue weighted by molar-refractivity contribution is 0.470. The van der Waals surface area contributed by atoms with E-state index in [1.165, 1.54) is 4.57 Å². The Balaban J connectivity index is 2.43. The number of fused-ring (bicyclic) bond motifs is 1. The van der Waals surface area contributed by atoms with Crippen LogP contribution in [0.3, 0.4) is 0 Å². The van der Waals surface area contributed by atoms with Gasteiger partial charge in [-0.25, -0.2) is 4.98 Å². The maximum absolute atomic E-state index is 12.7. The van der Waals surface area contributed by atoms with Crippen molar-refractivity contribution in [3.05, 3.63) is 64.2 Å². The fraction of sp³-hybridized carbons (Fsp3) is 0.125. The molecule has 4 nitrogen and oxygen atoms in total. The molecular weight excluding hydrogens is 252 g/mol. The van der Waals surface area contributed by atoms with Crippen molar-refractivity contribution in [1.82, 2.24) is 9.55 Å². The molecule has 0 aliphatic heterocycles. The Hall–Kier alpha value is -2.62. The number of para-hydroxylation sites is 1. The monoisotopic (exact) mass is 266 g/mol. The number of hydrogen-bond acceptors (Lipinski definition) is 3. The highest BCUT2D eigenvalue weighted by Crippen LogP contribution is 2.23. The number of phenolic OH excluding ortho intramolecular Hbond substituents is 1. The van der Waals surface area contributed by atoms with Crippen LogP contribution in [-0.4, -0.2) is 14.7 Å². The van der Waals surface area contributed by atoms with Crippen LogP contribution in [0.5, 0.6) is 5.75 Å². The highest BCUT2D eigenvalue weighted by Gasteiger charge is 2.12. The van der Waals surface area contributed by atoms with Gasteiger partial charge in [0.2, 0.25) is 0 Å². The third kappa shape index (κ3) is 1.77. The molecule has 4 heteroatoms. The summed E-state index contributed by atoms with van der Waals surface area (Å²) in [6.45, 7) is 3.57. The number of aryl methyl sites for hydroxylation is 1. The molecule has 0 radical (unpaired) electrons. The zero-order chi connectivity index (χ0) is 14.3. The van der Waals surface area contributed by atoms with Crippen molar-refractivity contribution < 1.29 is 5.11 Å². The molecule has 0 bridgehead atoms. The number of benzene rings is 2. The van der Waals surface area contributed by atoms with E-state index >= 15 is 0 Å². The molecule has 100 valence electrons. The fourth-order valence-corrected chi connectivity index (χ4v) is 2.38. The zero-order valence-electron chi connectivity index (χ0n) is 11.3. The number of rotatable bonds is 1. The van der Waals surface area contributed by atoms with E-state index in [9.17, 15) is 9.90 Å². The van der Waals surface area contributed by atoms with Crippen molar-refractivity contribution in [2.45, 2.75) is 13.8 Å². The molecule has 1 aromatic heterocycles. The fourth-order valence-electron chi connectivity index (χ4n) is 2.38. The number of nitrogens with zero attached hydrogens (tertiary/aromatic N) is 2. The van der Waals surface area contributed by atoms with Gasteiger partial charge in [0.25, 0.3) is 5.56 Å². The second-order valence-corrected chi connectivity index (χ2v) is 4.74. The van der Waals surface area contributed by atoms with Gasteiger partial charge in [0.1, 0.15) is 11.6 Å². The molecule has 0 aliphatic rings. The predicted molar refractivity (Wildman–Crippen MR) is 78.5 cm³/mol. The summed E-state index contributed by atoms with van der Waals surface area (Å²) in [6, 6.07) is 12.4. The van der Waals surface area contributed by atoms with E-state index in [0.29, 0.717) is 28.0 Å². The third-order valence-corrected chi connectivity index (χ3v) is 3.46. The van der Waals surface area contributed by atoms with Gasteiger partial charge in [-0.1, -0.05) is 18.2 Å². The van der Waals surface area contributed by atoms with Crippen LogP contribution >= 0.6 is 0 Å². The summed E-state index contributed by atoms with van der Waals surface area (Å²) in [5.74, 6) is 0.768. The van der Waals surface area contributed by atoms with Crippen LogP contribution in [0.4, 0.5) is 0 Å². The molecule has 0 fully saturated rings. The topological polar surface area (TPSA) is 55.1 Å². The highest BCUT2D eigenvalue weighted by atomic mass is 16.3. The Morgan fingerprint density at radius 1 is 1.05 bits per heavy atom. The number of phenols is 1. The largest absolute Gasteiger partial charge is 0.508 e. The van der Waals surface area contributed by atoms with E-state index < -0.39 is 0 Å². The van der Waals surface area contributed by atoms with Crippen LogP contribution < -0.4 is 5.56 Å². The normalized spacial score (nSPS) is 10.9. The molecule has 0 atom stereocenters. The SMILES string of the molecule is Cc1c(O)cccc1-n1c(C)nc2ccccc2c1=O. The number of hydrogen-bond donors (Lipinski definition) is 1. The standard InChI is InChI=1S/C16H14N2O2/c1-10-14(8-5-9-15(10)19)18-11(2)17-13-7-4-3-6-12(13)16(18)20/h3-9,19H,1-2H3. The maximum Gasteiger partial charge on any atom is 0.265 e. The molecule has 0 spiro atoms. The molecule has 1 N–H and O–H groups in total. The van der Waals surface area contributed by atoms with Crippen molar-refractivity contribution in [3.63, 3.8) is 0 Å². The average Bonchev–Trinajstić information content (AvgIpc) is 2.43. The molecule has 20 heavy (non-hydrogen) atoms. The summed E-state index contributed by atoms with van der Waals surface area (Å²) in [4.78, 5) is 17.1. The van der Waals surface area contributed by atoms with Gasteiger partial charge in [0, 0.05) is 5.56 Å². The van der Waals surface area contributed by atoms with Crippen molar-refractivity contribution in [1.29, 1.82) is 0 Å². The minimum atomic E-state index is -0.123. The molecule has 0 unspecified atom stereocenters. The quantitative estimate of drug-likeness (QED) is 0.736. The van der Waals surface area contributed by atoms with E-state index in [2.05, 4.69) is 4.98 Å². The molecule has 0 aliphatic carbocycles. The summed E-state index contributed by atoms with van der Waals surface area (Å²) >= 11 is 0. The summed E-state index contributed by atoms with van der Waals surface area (Å²) in [5, 5.41) is 10.4. The van der Waals surface area contributed by atoms with Crippen molar-refractivity contribution in [2.75, 3.05) is 0 Å². The Kier molecular flexibility index (Phi) is 2.79. The van der Waals surface area contributed by atoms with E-state index in [1.54, 1.807) is 38.1 Å². The molecule has 0 amide bonds. The lowest BCUT2D eigenvalue weighted by Gasteiger charge is -2.13. The summed E-state index contributed by atoms with van der Waals surface area (Å²) < 4.78 is 1.54. The lowest BCUT2D eigenvalue weighted by atomic mass is 10.1. The number of aromatic nitrogens is 2. The van der Waals surface area contributed by atoms with Crippen molar-refractivity contribution in [2.24, 2.45) is 0 Å². The van der Waals surface area contributed by atoms with Gasteiger partial charge in [-0.3, -0.25) is 9.36 Å². The van der Waals surface area contributed by atoms with E-state index in [4.69, 9.17) is 0 Å². The maximum atomic E-state index is 12.7. The van der Waals surface area contributed by atoms with Crippen molar-refractivity contribution >= 4 is 10.9 Å². The third-order valence-electron chi connectivity index (χ3n) is 3.46. The van der Waals surface area contributed by atoms with Crippen molar-refractivity contribution in [3.8, 4) is 11.4 Å². The van der Waals surface area contributed by atoms with Crippen LogP contribution in [0.25, 0.3) is 16.6 Å². The smallest absolute Gasteiger partial charge is 0.265 e. The van der Waals surface area contributed by atoms with E-state index in [0.717, 1.165) is 0 Å². The Bertz CT molecular complexity index is 866. The summed E-state index contributed by atoms with van der Waals surface area (Å²) in [5.41, 5.74) is 1.88. The molecule has 3 rings (SSSR count). The van der Waals surface area contributed by atoms with Gasteiger partial charge in [0.15, 0.2) is 0 Å². The van der Waals surface area contributed by atoms with Crippen LogP contribution in [0.2, 0.25) is 0 Å². The molecule has 3 aromatic rings. The zero-order valence-corrected chi connectivity index (χ0v) is 11.3. The number of aromatic hydroxyl groups is 1. The van der Waals surface area contributed by atoms with Gasteiger partial charge in [-0.2, -0.15) is 0 Å². The second-order valence-electron chi connectivity index (χ2n) is 4.74.